The Morgan fingerprint density at radius 2 is 1.54 bits per heavy atom. The van der Waals surface area contributed by atoms with Gasteiger partial charge in [0.25, 0.3) is 5.91 Å². The summed E-state index contributed by atoms with van der Waals surface area (Å²) in [5.41, 5.74) is 0.525. The Morgan fingerprint density at radius 1 is 0.885 bits per heavy atom. The van der Waals surface area contributed by atoms with Gasteiger partial charge in [-0.25, -0.2) is 9.97 Å². The molecule has 2 aliphatic rings. The van der Waals surface area contributed by atoms with Gasteiger partial charge in [0.15, 0.2) is 0 Å². The maximum Gasteiger partial charge on any atom is 0.254 e. The molecule has 0 saturated carbocycles. The number of rotatable bonds is 3. The van der Waals surface area contributed by atoms with Gasteiger partial charge in [-0.05, 0) is 31.0 Å². The van der Waals surface area contributed by atoms with Crippen molar-refractivity contribution in [3.63, 3.8) is 0 Å². The molecule has 7 nitrogen and oxygen atoms in total. The zero-order chi connectivity index (χ0) is 17.9. The largest absolute Gasteiger partial charge is 0.508 e. The van der Waals surface area contributed by atoms with Crippen LogP contribution < -0.4 is 9.80 Å². The summed E-state index contributed by atoms with van der Waals surface area (Å²) in [6.07, 6.45) is 4.07. The van der Waals surface area contributed by atoms with Gasteiger partial charge < -0.3 is 19.8 Å². The fourth-order valence-corrected chi connectivity index (χ4v) is 3.59. The number of benzene rings is 1. The number of piperazine rings is 1. The van der Waals surface area contributed by atoms with Crippen molar-refractivity contribution < 1.29 is 9.90 Å². The predicted octanol–water partition coefficient (Wildman–Crippen LogP) is 1.74. The highest BCUT2D eigenvalue weighted by atomic mass is 16.3. The summed E-state index contributed by atoms with van der Waals surface area (Å²) in [5, 5.41) is 9.57. The van der Waals surface area contributed by atoms with Crippen LogP contribution in [0.3, 0.4) is 0 Å². The van der Waals surface area contributed by atoms with Gasteiger partial charge in [-0.2, -0.15) is 0 Å². The highest BCUT2D eigenvalue weighted by Gasteiger charge is 2.24. The lowest BCUT2D eigenvalue weighted by atomic mass is 10.1. The Labute approximate surface area is 152 Å². The fraction of sp³-hybridized carbons (Fsp3) is 0.421. The quantitative estimate of drug-likeness (QED) is 0.906. The van der Waals surface area contributed by atoms with Crippen LogP contribution in [-0.4, -0.2) is 65.2 Å². The van der Waals surface area contributed by atoms with Crippen LogP contribution in [0.1, 0.15) is 23.2 Å². The van der Waals surface area contributed by atoms with E-state index in [4.69, 9.17) is 0 Å². The molecular formula is C19H23N5O2. The van der Waals surface area contributed by atoms with E-state index in [2.05, 4.69) is 25.8 Å². The van der Waals surface area contributed by atoms with Gasteiger partial charge in [-0.15, -0.1) is 0 Å². The van der Waals surface area contributed by atoms with E-state index in [0.29, 0.717) is 18.7 Å². The number of phenols is 1. The highest BCUT2D eigenvalue weighted by molar-refractivity contribution is 5.94. The molecule has 0 aliphatic carbocycles. The number of anilines is 2. The van der Waals surface area contributed by atoms with E-state index in [1.807, 2.05) is 4.90 Å². The van der Waals surface area contributed by atoms with Crippen LogP contribution in [0.4, 0.5) is 11.6 Å². The van der Waals surface area contributed by atoms with E-state index >= 15 is 0 Å². The molecule has 136 valence electrons. The maximum absolute atomic E-state index is 12.6. The molecule has 2 saturated heterocycles. The summed E-state index contributed by atoms with van der Waals surface area (Å²) in [7, 11) is 0. The highest BCUT2D eigenvalue weighted by Crippen LogP contribution is 2.22. The third-order valence-corrected chi connectivity index (χ3v) is 5.05. The molecule has 1 aromatic carbocycles. The Kier molecular flexibility index (Phi) is 4.60. The number of carbonyl (C=O) groups is 1. The molecule has 1 aromatic heterocycles. The number of nitrogens with zero attached hydrogens (tertiary/aromatic N) is 5. The average molecular weight is 353 g/mol. The zero-order valence-corrected chi connectivity index (χ0v) is 14.7. The summed E-state index contributed by atoms with van der Waals surface area (Å²) in [5.74, 6) is 1.99. The Morgan fingerprint density at radius 3 is 2.19 bits per heavy atom. The first-order valence-corrected chi connectivity index (χ1v) is 9.11. The Hall–Kier alpha value is -2.83. The van der Waals surface area contributed by atoms with Gasteiger partial charge >= 0.3 is 0 Å². The summed E-state index contributed by atoms with van der Waals surface area (Å²) in [4.78, 5) is 27.7. The van der Waals surface area contributed by atoms with Crippen molar-refractivity contribution in [2.75, 3.05) is 49.1 Å². The molecule has 1 N–H and O–H groups in total. The van der Waals surface area contributed by atoms with Crippen LogP contribution in [0.2, 0.25) is 0 Å². The molecule has 0 atom stereocenters. The maximum atomic E-state index is 12.6. The fourth-order valence-electron chi connectivity index (χ4n) is 3.59. The molecule has 2 fully saturated rings. The van der Waals surface area contributed by atoms with Crippen molar-refractivity contribution in [2.45, 2.75) is 12.8 Å². The molecule has 7 heteroatoms. The minimum absolute atomic E-state index is 0.0407. The standard InChI is InChI=1S/C19H23N5O2/c25-16-5-3-4-15(12-16)19(26)24-10-8-23(9-11-24)18-13-17(20-14-21-18)22-6-1-2-7-22/h3-5,12-14,25H,1-2,6-11H2. The van der Waals surface area contributed by atoms with Crippen LogP contribution in [0.25, 0.3) is 0 Å². The summed E-state index contributed by atoms with van der Waals surface area (Å²) in [6.45, 7) is 4.86. The summed E-state index contributed by atoms with van der Waals surface area (Å²) < 4.78 is 0. The number of hydrogen-bond acceptors (Lipinski definition) is 6. The molecule has 0 radical (unpaired) electrons. The number of hydrogen-bond donors (Lipinski definition) is 1. The molecule has 2 aliphatic heterocycles. The average Bonchev–Trinajstić information content (AvgIpc) is 3.23. The predicted molar refractivity (Wildman–Crippen MR) is 99.7 cm³/mol. The molecule has 0 unspecified atom stereocenters. The van der Waals surface area contributed by atoms with Crippen molar-refractivity contribution in [3.05, 3.63) is 42.2 Å². The minimum Gasteiger partial charge on any atom is -0.508 e. The summed E-state index contributed by atoms with van der Waals surface area (Å²) in [6, 6.07) is 8.57. The lowest BCUT2D eigenvalue weighted by Crippen LogP contribution is -2.49. The molecule has 1 amide bonds. The van der Waals surface area contributed by atoms with Crippen molar-refractivity contribution in [1.82, 2.24) is 14.9 Å². The third kappa shape index (κ3) is 3.42. The molecule has 26 heavy (non-hydrogen) atoms. The van der Waals surface area contributed by atoms with Crippen LogP contribution in [0.5, 0.6) is 5.75 Å². The lowest BCUT2D eigenvalue weighted by Gasteiger charge is -2.35. The zero-order valence-electron chi connectivity index (χ0n) is 14.7. The van der Waals surface area contributed by atoms with Gasteiger partial charge in [-0.1, -0.05) is 6.07 Å². The topological polar surface area (TPSA) is 72.8 Å². The van der Waals surface area contributed by atoms with Gasteiger partial charge in [-0.3, -0.25) is 4.79 Å². The van der Waals surface area contributed by atoms with E-state index in [0.717, 1.165) is 37.8 Å². The van der Waals surface area contributed by atoms with Crippen molar-refractivity contribution in [3.8, 4) is 5.75 Å². The van der Waals surface area contributed by atoms with E-state index < -0.39 is 0 Å². The van der Waals surface area contributed by atoms with Gasteiger partial charge in [0.2, 0.25) is 0 Å². The van der Waals surface area contributed by atoms with E-state index in [1.165, 1.54) is 18.9 Å². The number of carbonyl (C=O) groups excluding carboxylic acids is 1. The molecule has 2 aromatic rings. The van der Waals surface area contributed by atoms with Crippen LogP contribution >= 0.6 is 0 Å². The van der Waals surface area contributed by atoms with Crippen molar-refractivity contribution >= 4 is 17.5 Å². The second kappa shape index (κ2) is 7.19. The van der Waals surface area contributed by atoms with Gasteiger partial charge in [0, 0.05) is 50.9 Å². The SMILES string of the molecule is O=C(c1cccc(O)c1)N1CCN(c2cc(N3CCCC3)ncn2)CC1. The molecule has 4 rings (SSSR count). The van der Waals surface area contributed by atoms with Crippen LogP contribution in [0, 0.1) is 0 Å². The molecule has 0 spiro atoms. The van der Waals surface area contributed by atoms with Gasteiger partial charge in [0.05, 0.1) is 0 Å². The Bertz CT molecular complexity index is 783. The smallest absolute Gasteiger partial charge is 0.254 e. The number of phenolic OH excluding ortho intramolecular Hbond substituents is 1. The van der Waals surface area contributed by atoms with Crippen LogP contribution in [0.15, 0.2) is 36.7 Å². The Balaban J connectivity index is 1.40. The first-order chi connectivity index (χ1) is 12.7. The van der Waals surface area contributed by atoms with E-state index in [1.54, 1.807) is 24.5 Å². The first-order valence-electron chi connectivity index (χ1n) is 9.11. The van der Waals surface area contributed by atoms with E-state index in [-0.39, 0.29) is 11.7 Å². The molecule has 3 heterocycles. The molecular weight excluding hydrogens is 330 g/mol. The third-order valence-electron chi connectivity index (χ3n) is 5.05. The van der Waals surface area contributed by atoms with Crippen molar-refractivity contribution in [2.24, 2.45) is 0 Å². The monoisotopic (exact) mass is 353 g/mol. The van der Waals surface area contributed by atoms with Crippen LogP contribution in [-0.2, 0) is 0 Å². The number of aromatic nitrogens is 2. The summed E-state index contributed by atoms with van der Waals surface area (Å²) >= 11 is 0. The minimum atomic E-state index is -0.0407. The number of amides is 1. The molecule has 0 bridgehead atoms. The first kappa shape index (κ1) is 16.6. The lowest BCUT2D eigenvalue weighted by molar-refractivity contribution is 0.0746. The normalized spacial score (nSPS) is 17.6. The second-order valence-corrected chi connectivity index (χ2v) is 6.76. The number of aromatic hydroxyl groups is 1. The van der Waals surface area contributed by atoms with Gasteiger partial charge in [0.1, 0.15) is 23.7 Å². The van der Waals surface area contributed by atoms with Crippen molar-refractivity contribution in [1.29, 1.82) is 0 Å². The van der Waals surface area contributed by atoms with E-state index in [9.17, 15) is 9.90 Å². The second-order valence-electron chi connectivity index (χ2n) is 6.76.